The predicted molar refractivity (Wildman–Crippen MR) is 118 cm³/mol. The number of unbranched alkanes of at least 4 members (excludes halogenated alkanes) is 1. The summed E-state index contributed by atoms with van der Waals surface area (Å²) >= 11 is 0. The molecule has 0 spiro atoms. The Morgan fingerprint density at radius 3 is 2.62 bits per heavy atom. The molecule has 1 fully saturated rings. The van der Waals surface area contributed by atoms with Crippen molar-refractivity contribution in [1.82, 2.24) is 19.8 Å². The molecule has 0 radical (unpaired) electrons. The van der Waals surface area contributed by atoms with Crippen LogP contribution in [0, 0.1) is 6.92 Å². The lowest BCUT2D eigenvalue weighted by Gasteiger charge is -2.32. The Bertz CT molecular complexity index is 817. The van der Waals surface area contributed by atoms with Gasteiger partial charge in [-0.25, -0.2) is 4.98 Å². The van der Waals surface area contributed by atoms with E-state index in [-0.39, 0.29) is 5.95 Å². The van der Waals surface area contributed by atoms with Crippen molar-refractivity contribution >= 4 is 11.8 Å². The molecular weight excluding hydrogens is 364 g/mol. The van der Waals surface area contributed by atoms with Crippen LogP contribution in [0.2, 0.25) is 0 Å². The van der Waals surface area contributed by atoms with Crippen LogP contribution in [0.15, 0.2) is 18.2 Å². The second-order valence-electron chi connectivity index (χ2n) is 7.99. The van der Waals surface area contributed by atoms with Gasteiger partial charge in [-0.15, -0.1) is 0 Å². The van der Waals surface area contributed by atoms with E-state index >= 15 is 0 Å². The molecule has 1 saturated heterocycles. The van der Waals surface area contributed by atoms with Crippen LogP contribution in [0.5, 0.6) is 5.75 Å². The number of benzene rings is 1. The molecule has 7 heteroatoms. The molecule has 0 unspecified atom stereocenters. The number of nitrogens with two attached hydrogens (primary N) is 1. The Balaban J connectivity index is 1.73. The Labute approximate surface area is 174 Å². The van der Waals surface area contributed by atoms with Gasteiger partial charge in [0, 0.05) is 56.9 Å². The molecule has 4 N–H and O–H groups in total. The van der Waals surface area contributed by atoms with E-state index < -0.39 is 0 Å². The first-order chi connectivity index (χ1) is 14.0. The first kappa shape index (κ1) is 21.3. The third-order valence-corrected chi connectivity index (χ3v) is 5.57. The topological polar surface area (TPSA) is 90.5 Å². The fourth-order valence-corrected chi connectivity index (χ4v) is 3.67. The second kappa shape index (κ2) is 9.89. The molecule has 1 aromatic carbocycles. The standard InChI is InChI=1S/C22H34N6O/c1-4-5-8-24-21-19(16(2)25-22(23)26-21)14-18-7-6-17(13-20(18)29)15-28-11-9-27(3)10-12-28/h6-7,13,29H,4-5,8-12,14-15H2,1-3H3,(H3,23,24,25,26). The fourth-order valence-electron chi connectivity index (χ4n) is 3.67. The van der Waals surface area contributed by atoms with Gasteiger partial charge in [-0.3, -0.25) is 4.90 Å². The average Bonchev–Trinajstić information content (AvgIpc) is 2.68. The first-order valence-corrected chi connectivity index (χ1v) is 10.5. The second-order valence-corrected chi connectivity index (χ2v) is 7.99. The Morgan fingerprint density at radius 1 is 1.17 bits per heavy atom. The number of nitrogens with one attached hydrogen (secondary N) is 1. The molecule has 1 aliphatic rings. The number of likely N-dealkylation sites (N-methyl/N-ethyl adjacent to an activating group) is 1. The van der Waals surface area contributed by atoms with Gasteiger partial charge in [-0.05, 0) is 37.6 Å². The number of nitrogen functional groups attached to an aromatic ring is 1. The number of aromatic hydroxyl groups is 1. The Hall–Kier alpha value is -2.38. The summed E-state index contributed by atoms with van der Waals surface area (Å²) in [5.74, 6) is 1.37. The van der Waals surface area contributed by atoms with Crippen molar-refractivity contribution < 1.29 is 5.11 Å². The van der Waals surface area contributed by atoms with Crippen LogP contribution in [-0.4, -0.2) is 64.6 Å². The third-order valence-electron chi connectivity index (χ3n) is 5.57. The summed E-state index contributed by atoms with van der Waals surface area (Å²) in [6.45, 7) is 10.1. The number of rotatable bonds is 8. The lowest BCUT2D eigenvalue weighted by Crippen LogP contribution is -2.43. The SMILES string of the molecule is CCCCNc1nc(N)nc(C)c1Cc1ccc(CN2CCN(C)CC2)cc1O. The summed E-state index contributed by atoms with van der Waals surface area (Å²) < 4.78 is 0. The fraction of sp³-hybridized carbons (Fsp3) is 0.545. The number of piperazine rings is 1. The summed E-state index contributed by atoms with van der Waals surface area (Å²) in [6.07, 6.45) is 2.74. The van der Waals surface area contributed by atoms with Gasteiger partial charge < -0.3 is 21.1 Å². The zero-order valence-electron chi connectivity index (χ0n) is 17.9. The van der Waals surface area contributed by atoms with Crippen LogP contribution in [0.1, 0.15) is 42.1 Å². The minimum absolute atomic E-state index is 0.275. The number of phenolic OH excluding ortho intramolecular Hbond substituents is 1. The number of nitrogens with zero attached hydrogens (tertiary/aromatic N) is 4. The number of aryl methyl sites for hydroxylation is 1. The molecule has 1 aromatic heterocycles. The van der Waals surface area contributed by atoms with E-state index in [2.05, 4.69) is 45.1 Å². The van der Waals surface area contributed by atoms with Crippen LogP contribution in [0.4, 0.5) is 11.8 Å². The molecule has 7 nitrogen and oxygen atoms in total. The van der Waals surface area contributed by atoms with Crippen LogP contribution >= 0.6 is 0 Å². The van der Waals surface area contributed by atoms with Gasteiger partial charge in [0.2, 0.25) is 5.95 Å². The summed E-state index contributed by atoms with van der Waals surface area (Å²) in [5.41, 5.74) is 9.70. The van der Waals surface area contributed by atoms with Gasteiger partial charge in [-0.2, -0.15) is 4.98 Å². The van der Waals surface area contributed by atoms with Gasteiger partial charge in [0.25, 0.3) is 0 Å². The predicted octanol–water partition coefficient (Wildman–Crippen LogP) is 2.62. The summed E-state index contributed by atoms with van der Waals surface area (Å²) in [5, 5.41) is 14.0. The summed E-state index contributed by atoms with van der Waals surface area (Å²) in [4.78, 5) is 13.5. The van der Waals surface area contributed by atoms with Crippen molar-refractivity contribution in [2.24, 2.45) is 0 Å². The average molecular weight is 399 g/mol. The molecule has 158 valence electrons. The van der Waals surface area contributed by atoms with E-state index in [1.165, 1.54) is 0 Å². The zero-order valence-corrected chi connectivity index (χ0v) is 17.9. The normalized spacial score (nSPS) is 15.6. The van der Waals surface area contributed by atoms with Gasteiger partial charge >= 0.3 is 0 Å². The Kier molecular flexibility index (Phi) is 7.28. The van der Waals surface area contributed by atoms with Gasteiger partial charge in [0.05, 0.1) is 0 Å². The smallest absolute Gasteiger partial charge is 0.222 e. The van der Waals surface area contributed by atoms with Crippen LogP contribution in [0.25, 0.3) is 0 Å². The summed E-state index contributed by atoms with van der Waals surface area (Å²) in [6, 6.07) is 6.03. The van der Waals surface area contributed by atoms with Crippen LogP contribution in [-0.2, 0) is 13.0 Å². The van der Waals surface area contributed by atoms with Crippen molar-refractivity contribution in [2.75, 3.05) is 50.8 Å². The monoisotopic (exact) mass is 398 g/mol. The zero-order chi connectivity index (χ0) is 20.8. The largest absolute Gasteiger partial charge is 0.508 e. The Morgan fingerprint density at radius 2 is 1.93 bits per heavy atom. The molecule has 0 atom stereocenters. The van der Waals surface area contributed by atoms with E-state index in [1.807, 2.05) is 19.1 Å². The van der Waals surface area contributed by atoms with Crippen LogP contribution in [0.3, 0.4) is 0 Å². The number of hydrogen-bond acceptors (Lipinski definition) is 7. The maximum Gasteiger partial charge on any atom is 0.222 e. The third kappa shape index (κ3) is 5.81. The van der Waals surface area contributed by atoms with Gasteiger partial charge in [0.15, 0.2) is 0 Å². The van der Waals surface area contributed by atoms with Crippen LogP contribution < -0.4 is 11.1 Å². The lowest BCUT2D eigenvalue weighted by molar-refractivity contribution is 0.148. The highest BCUT2D eigenvalue weighted by atomic mass is 16.3. The molecule has 0 bridgehead atoms. The van der Waals surface area contributed by atoms with E-state index in [4.69, 9.17) is 5.73 Å². The number of anilines is 2. The molecule has 0 amide bonds. The molecule has 1 aliphatic heterocycles. The molecular formula is C22H34N6O. The molecule has 0 aliphatic carbocycles. The minimum Gasteiger partial charge on any atom is -0.508 e. The first-order valence-electron chi connectivity index (χ1n) is 10.5. The van der Waals surface area contributed by atoms with E-state index in [1.54, 1.807) is 0 Å². The van der Waals surface area contributed by atoms with Gasteiger partial charge in [0.1, 0.15) is 11.6 Å². The van der Waals surface area contributed by atoms with Crippen molar-refractivity contribution in [2.45, 2.75) is 39.7 Å². The minimum atomic E-state index is 0.275. The lowest BCUT2D eigenvalue weighted by atomic mass is 10.0. The van der Waals surface area contributed by atoms with Crippen molar-refractivity contribution in [3.05, 3.63) is 40.6 Å². The van der Waals surface area contributed by atoms with E-state index in [0.717, 1.165) is 80.3 Å². The quantitative estimate of drug-likeness (QED) is 0.589. The molecule has 0 saturated carbocycles. The van der Waals surface area contributed by atoms with Crippen molar-refractivity contribution in [3.63, 3.8) is 0 Å². The van der Waals surface area contributed by atoms with Crippen molar-refractivity contribution in [1.29, 1.82) is 0 Å². The molecule has 2 aromatic rings. The van der Waals surface area contributed by atoms with E-state index in [9.17, 15) is 5.11 Å². The number of aromatic nitrogens is 2. The molecule has 2 heterocycles. The molecule has 3 rings (SSSR count). The number of phenols is 1. The maximum absolute atomic E-state index is 10.7. The highest BCUT2D eigenvalue weighted by Gasteiger charge is 2.16. The number of hydrogen-bond donors (Lipinski definition) is 3. The van der Waals surface area contributed by atoms with Gasteiger partial charge in [-0.1, -0.05) is 25.5 Å². The highest BCUT2D eigenvalue weighted by Crippen LogP contribution is 2.27. The molecule has 29 heavy (non-hydrogen) atoms. The van der Waals surface area contributed by atoms with E-state index in [0.29, 0.717) is 12.2 Å². The summed E-state index contributed by atoms with van der Waals surface area (Å²) in [7, 11) is 2.16. The highest BCUT2D eigenvalue weighted by molar-refractivity contribution is 5.53. The maximum atomic E-state index is 10.7. The van der Waals surface area contributed by atoms with Crippen molar-refractivity contribution in [3.8, 4) is 5.75 Å².